The lowest BCUT2D eigenvalue weighted by molar-refractivity contribution is 0.0696. The Kier molecular flexibility index (Phi) is 4.68. The Hall–Kier alpha value is -1.40. The molecule has 112 valence electrons. The zero-order valence-corrected chi connectivity index (χ0v) is 14.5. The molecule has 0 aliphatic rings. The van der Waals surface area contributed by atoms with E-state index in [1.807, 2.05) is 32.2 Å². The summed E-state index contributed by atoms with van der Waals surface area (Å²) in [5, 5.41) is 14.4. The van der Waals surface area contributed by atoms with Crippen LogP contribution in [0, 0.1) is 0 Å². The Morgan fingerprint density at radius 1 is 1.43 bits per heavy atom. The molecule has 4 nitrogen and oxygen atoms in total. The highest BCUT2D eigenvalue weighted by Gasteiger charge is 2.19. The molecule has 0 aliphatic heterocycles. The van der Waals surface area contributed by atoms with Crippen molar-refractivity contribution in [1.29, 1.82) is 0 Å². The number of hydrogen-bond donors (Lipinski definition) is 2. The number of carboxylic acids is 1. The van der Waals surface area contributed by atoms with Crippen LogP contribution in [-0.4, -0.2) is 16.1 Å². The van der Waals surface area contributed by atoms with Crippen LogP contribution in [0.1, 0.15) is 41.7 Å². The maximum atomic E-state index is 11.3. The molecule has 2 aromatic heterocycles. The number of thiophene rings is 1. The van der Waals surface area contributed by atoms with Crippen molar-refractivity contribution in [3.8, 4) is 0 Å². The molecule has 0 unspecified atom stereocenters. The highest BCUT2D eigenvalue weighted by atomic mass is 79.9. The Morgan fingerprint density at radius 3 is 2.67 bits per heavy atom. The average molecular weight is 369 g/mol. The van der Waals surface area contributed by atoms with Gasteiger partial charge >= 0.3 is 5.97 Å². The molecular formula is C15H17BrN2O2S. The van der Waals surface area contributed by atoms with E-state index < -0.39 is 5.97 Å². The average Bonchev–Trinajstić information content (AvgIpc) is 2.80. The predicted octanol–water partition coefficient (Wildman–Crippen LogP) is 4.51. The summed E-state index contributed by atoms with van der Waals surface area (Å²) in [5.74, 6) is -0.358. The van der Waals surface area contributed by atoms with Crippen molar-refractivity contribution in [2.24, 2.45) is 0 Å². The third-order valence-corrected chi connectivity index (χ3v) is 4.89. The van der Waals surface area contributed by atoms with Gasteiger partial charge in [-0.25, -0.2) is 9.78 Å². The number of nitrogens with zero attached hydrogens (tertiary/aromatic N) is 1. The largest absolute Gasteiger partial charge is 0.478 e. The van der Waals surface area contributed by atoms with Crippen LogP contribution in [0.3, 0.4) is 0 Å². The van der Waals surface area contributed by atoms with Crippen molar-refractivity contribution in [2.45, 2.75) is 32.7 Å². The van der Waals surface area contributed by atoms with Gasteiger partial charge in [0.15, 0.2) is 0 Å². The number of rotatable bonds is 4. The van der Waals surface area contributed by atoms with Gasteiger partial charge in [-0.3, -0.25) is 0 Å². The molecule has 0 bridgehead atoms. The summed E-state index contributed by atoms with van der Waals surface area (Å²) in [7, 11) is 0. The van der Waals surface area contributed by atoms with E-state index in [1.165, 1.54) is 0 Å². The fourth-order valence-electron chi connectivity index (χ4n) is 1.75. The van der Waals surface area contributed by atoms with Crippen molar-refractivity contribution >= 4 is 39.1 Å². The van der Waals surface area contributed by atoms with Gasteiger partial charge < -0.3 is 10.4 Å². The smallest absolute Gasteiger partial charge is 0.335 e. The van der Waals surface area contributed by atoms with Crippen LogP contribution in [0.5, 0.6) is 0 Å². The van der Waals surface area contributed by atoms with Crippen LogP contribution < -0.4 is 5.32 Å². The number of halogens is 1. The van der Waals surface area contributed by atoms with Gasteiger partial charge in [0, 0.05) is 20.5 Å². The molecule has 2 N–H and O–H groups in total. The van der Waals surface area contributed by atoms with Gasteiger partial charge in [0.05, 0.1) is 12.1 Å². The second-order valence-corrected chi connectivity index (χ2v) is 7.58. The quantitative estimate of drug-likeness (QED) is 0.832. The van der Waals surface area contributed by atoms with Crippen LogP contribution in [0.4, 0.5) is 5.82 Å². The molecule has 2 rings (SSSR count). The fourth-order valence-corrected chi connectivity index (χ4v) is 3.18. The van der Waals surface area contributed by atoms with Crippen molar-refractivity contribution in [3.05, 3.63) is 44.2 Å². The van der Waals surface area contributed by atoms with Crippen LogP contribution >= 0.6 is 27.3 Å². The number of carboxylic acid groups (broad SMARTS) is 1. The van der Waals surface area contributed by atoms with Crippen molar-refractivity contribution in [2.75, 3.05) is 5.32 Å². The minimum atomic E-state index is -0.941. The second kappa shape index (κ2) is 6.15. The SMILES string of the molecule is CC(C)(C)c1cc(C(=O)O)cc(NCc2sccc2Br)n1. The van der Waals surface area contributed by atoms with Gasteiger partial charge in [-0.2, -0.15) is 0 Å². The molecular weight excluding hydrogens is 352 g/mol. The molecule has 0 saturated carbocycles. The molecule has 21 heavy (non-hydrogen) atoms. The normalized spacial score (nSPS) is 11.4. The van der Waals surface area contributed by atoms with Gasteiger partial charge in [0.25, 0.3) is 0 Å². The Labute approximate surface area is 136 Å². The van der Waals surface area contributed by atoms with Crippen LogP contribution in [0.15, 0.2) is 28.1 Å². The second-order valence-electron chi connectivity index (χ2n) is 5.73. The van der Waals surface area contributed by atoms with Crippen LogP contribution in [0.2, 0.25) is 0 Å². The standard InChI is InChI=1S/C15H17BrN2O2S/c1-15(2,3)12-6-9(14(19)20)7-13(18-12)17-8-11-10(16)4-5-21-11/h4-7H,8H2,1-3H3,(H,17,18)(H,19,20). The fraction of sp³-hybridized carbons (Fsp3) is 0.333. The number of carbonyl (C=O) groups is 1. The summed E-state index contributed by atoms with van der Waals surface area (Å²) in [6.07, 6.45) is 0. The molecule has 6 heteroatoms. The number of hydrogen-bond acceptors (Lipinski definition) is 4. The lowest BCUT2D eigenvalue weighted by atomic mass is 9.91. The summed E-state index contributed by atoms with van der Waals surface area (Å²) in [6.45, 7) is 6.65. The summed E-state index contributed by atoms with van der Waals surface area (Å²) >= 11 is 5.12. The molecule has 0 fully saturated rings. The third kappa shape index (κ3) is 4.04. The molecule has 0 atom stereocenters. The van der Waals surface area contributed by atoms with E-state index in [0.29, 0.717) is 12.4 Å². The van der Waals surface area contributed by atoms with Gasteiger partial charge in [-0.05, 0) is 39.5 Å². The van der Waals surface area contributed by atoms with Gasteiger partial charge in [0.1, 0.15) is 5.82 Å². The van der Waals surface area contributed by atoms with Crippen molar-refractivity contribution in [1.82, 2.24) is 4.98 Å². The predicted molar refractivity (Wildman–Crippen MR) is 89.2 cm³/mol. The molecule has 0 aromatic carbocycles. The Bertz CT molecular complexity index is 662. The molecule has 0 aliphatic carbocycles. The van der Waals surface area contributed by atoms with Crippen molar-refractivity contribution < 1.29 is 9.90 Å². The van der Waals surface area contributed by atoms with Gasteiger partial charge in [-0.1, -0.05) is 20.8 Å². The Morgan fingerprint density at radius 2 is 2.14 bits per heavy atom. The summed E-state index contributed by atoms with van der Waals surface area (Å²) in [4.78, 5) is 16.9. The first-order valence-electron chi connectivity index (χ1n) is 6.49. The zero-order valence-electron chi connectivity index (χ0n) is 12.1. The summed E-state index contributed by atoms with van der Waals surface area (Å²) in [6, 6.07) is 5.19. The van der Waals surface area contributed by atoms with E-state index in [4.69, 9.17) is 0 Å². The third-order valence-electron chi connectivity index (χ3n) is 2.96. The van der Waals surface area contributed by atoms with E-state index >= 15 is 0 Å². The lowest BCUT2D eigenvalue weighted by Crippen LogP contribution is -2.16. The maximum absolute atomic E-state index is 11.3. The molecule has 2 heterocycles. The van der Waals surface area contributed by atoms with E-state index in [1.54, 1.807) is 23.5 Å². The maximum Gasteiger partial charge on any atom is 0.335 e. The van der Waals surface area contributed by atoms with Gasteiger partial charge in [-0.15, -0.1) is 11.3 Å². The van der Waals surface area contributed by atoms with Crippen molar-refractivity contribution in [3.63, 3.8) is 0 Å². The van der Waals surface area contributed by atoms with E-state index in [9.17, 15) is 9.90 Å². The number of pyridine rings is 1. The number of aromatic carboxylic acids is 1. The summed E-state index contributed by atoms with van der Waals surface area (Å²) in [5.41, 5.74) is 0.809. The molecule has 0 amide bonds. The first-order chi connectivity index (χ1) is 9.77. The van der Waals surface area contributed by atoms with E-state index in [0.717, 1.165) is 15.0 Å². The molecule has 0 saturated heterocycles. The monoisotopic (exact) mass is 368 g/mol. The lowest BCUT2D eigenvalue weighted by Gasteiger charge is -2.19. The molecule has 0 spiro atoms. The number of anilines is 1. The Balaban J connectivity index is 2.28. The zero-order chi connectivity index (χ0) is 15.6. The van der Waals surface area contributed by atoms with Crippen LogP contribution in [0.25, 0.3) is 0 Å². The first kappa shape index (κ1) is 16.0. The number of aromatic nitrogens is 1. The minimum Gasteiger partial charge on any atom is -0.478 e. The van der Waals surface area contributed by atoms with Crippen LogP contribution in [-0.2, 0) is 12.0 Å². The highest BCUT2D eigenvalue weighted by molar-refractivity contribution is 9.10. The first-order valence-corrected chi connectivity index (χ1v) is 8.16. The summed E-state index contributed by atoms with van der Waals surface area (Å²) < 4.78 is 1.05. The molecule has 0 radical (unpaired) electrons. The minimum absolute atomic E-state index is 0.203. The topological polar surface area (TPSA) is 62.2 Å². The molecule has 2 aromatic rings. The van der Waals surface area contributed by atoms with E-state index in [-0.39, 0.29) is 11.0 Å². The number of nitrogens with one attached hydrogen (secondary N) is 1. The van der Waals surface area contributed by atoms with E-state index in [2.05, 4.69) is 26.2 Å². The van der Waals surface area contributed by atoms with Gasteiger partial charge in [0.2, 0.25) is 0 Å². The highest BCUT2D eigenvalue weighted by Crippen LogP contribution is 2.26.